The van der Waals surface area contributed by atoms with Gasteiger partial charge in [0.15, 0.2) is 12.7 Å². The number of rotatable bonds is 2. The van der Waals surface area contributed by atoms with Gasteiger partial charge in [0.05, 0.1) is 0 Å². The summed E-state index contributed by atoms with van der Waals surface area (Å²) in [7, 11) is 0. The summed E-state index contributed by atoms with van der Waals surface area (Å²) in [6.45, 7) is 7.54. The first-order valence-electron chi connectivity index (χ1n) is 5.69. The third-order valence-corrected chi connectivity index (χ3v) is 3.36. The molecule has 1 heterocycles. The minimum atomic E-state index is 0.914. The predicted octanol–water partition coefficient (Wildman–Crippen LogP) is 2.98. The number of nitrogens with zero attached hydrogens (tertiary/aromatic N) is 1. The fraction of sp³-hybridized carbons (Fsp3) is 0.615. The highest BCUT2D eigenvalue weighted by molar-refractivity contribution is 5.58. The topological polar surface area (TPSA) is 3.01 Å². The molecule has 76 valence electrons. The summed E-state index contributed by atoms with van der Waals surface area (Å²) in [5.74, 6) is 1.86. The minimum absolute atomic E-state index is 0.914. The molecule has 1 fully saturated rings. The van der Waals surface area contributed by atoms with Crippen LogP contribution in [0, 0.1) is 11.8 Å². The summed E-state index contributed by atoms with van der Waals surface area (Å²) < 4.78 is 2.34. The van der Waals surface area contributed by atoms with Crippen LogP contribution in [0.25, 0.3) is 0 Å². The molecular formula is C13H20N+. The van der Waals surface area contributed by atoms with E-state index in [0.29, 0.717) is 0 Å². The van der Waals surface area contributed by atoms with Crippen molar-refractivity contribution >= 4 is 6.21 Å². The lowest BCUT2D eigenvalue weighted by molar-refractivity contribution is -0.462. The van der Waals surface area contributed by atoms with Crippen molar-refractivity contribution in [1.82, 2.24) is 0 Å². The van der Waals surface area contributed by atoms with Crippen molar-refractivity contribution in [3.8, 4) is 0 Å². The maximum atomic E-state index is 3.95. The molecule has 2 rings (SSSR count). The Labute approximate surface area is 86.8 Å². The van der Waals surface area contributed by atoms with Crippen LogP contribution in [0.2, 0.25) is 0 Å². The third kappa shape index (κ3) is 2.34. The molecule has 1 aliphatic carbocycles. The first-order valence-corrected chi connectivity index (χ1v) is 5.69. The maximum absolute atomic E-state index is 3.95. The zero-order valence-electron chi connectivity index (χ0n) is 9.08. The van der Waals surface area contributed by atoms with E-state index in [-0.39, 0.29) is 0 Å². The molecule has 0 amide bonds. The summed E-state index contributed by atoms with van der Waals surface area (Å²) in [6, 6.07) is 0. The van der Waals surface area contributed by atoms with E-state index in [2.05, 4.69) is 36.6 Å². The molecule has 0 aromatic rings. The van der Waals surface area contributed by atoms with Gasteiger partial charge in [0.2, 0.25) is 0 Å². The minimum Gasteiger partial charge on any atom is -0.208 e. The van der Waals surface area contributed by atoms with Gasteiger partial charge in [0.25, 0.3) is 0 Å². The molecular weight excluding hydrogens is 170 g/mol. The normalized spacial score (nSPS) is 32.1. The highest BCUT2D eigenvalue weighted by Gasteiger charge is 2.25. The summed E-state index contributed by atoms with van der Waals surface area (Å²) in [5, 5.41) is 0. The van der Waals surface area contributed by atoms with E-state index in [1.807, 2.05) is 0 Å². The highest BCUT2D eigenvalue weighted by Crippen LogP contribution is 2.30. The molecule has 0 radical (unpaired) electrons. The van der Waals surface area contributed by atoms with Crippen LogP contribution >= 0.6 is 0 Å². The van der Waals surface area contributed by atoms with Crippen LogP contribution in [0.15, 0.2) is 24.4 Å². The maximum Gasteiger partial charge on any atom is 0.168 e. The Balaban J connectivity index is 1.87. The Morgan fingerprint density at radius 2 is 2.36 bits per heavy atom. The third-order valence-electron chi connectivity index (χ3n) is 3.36. The van der Waals surface area contributed by atoms with Crippen molar-refractivity contribution < 1.29 is 4.58 Å². The van der Waals surface area contributed by atoms with Crippen LogP contribution in [0.1, 0.15) is 32.6 Å². The standard InChI is InChI=1S/C13H20N/c1-11-5-7-14(8-6-11)10-13-4-3-12(2)9-13/h5,7-8,12-13H,1,3-4,6,9-10H2,2H3/q+1. The van der Waals surface area contributed by atoms with E-state index in [4.69, 9.17) is 0 Å². The van der Waals surface area contributed by atoms with Gasteiger partial charge in [-0.3, -0.25) is 0 Å². The quantitative estimate of drug-likeness (QED) is 0.589. The molecule has 2 unspecified atom stereocenters. The first kappa shape index (κ1) is 9.70. The molecule has 0 bridgehead atoms. The summed E-state index contributed by atoms with van der Waals surface area (Å²) in [5.41, 5.74) is 1.22. The van der Waals surface area contributed by atoms with E-state index >= 15 is 0 Å². The summed E-state index contributed by atoms with van der Waals surface area (Å²) in [4.78, 5) is 0. The number of hydrogen-bond donors (Lipinski definition) is 0. The van der Waals surface area contributed by atoms with Crippen molar-refractivity contribution in [2.24, 2.45) is 11.8 Å². The average molecular weight is 190 g/mol. The van der Waals surface area contributed by atoms with Gasteiger partial charge in [-0.15, -0.1) is 0 Å². The first-order chi connectivity index (χ1) is 6.74. The second-order valence-corrected chi connectivity index (χ2v) is 4.84. The van der Waals surface area contributed by atoms with E-state index in [1.165, 1.54) is 31.4 Å². The van der Waals surface area contributed by atoms with E-state index < -0.39 is 0 Å². The molecule has 1 saturated carbocycles. The zero-order valence-corrected chi connectivity index (χ0v) is 9.08. The molecule has 0 N–H and O–H groups in total. The van der Waals surface area contributed by atoms with Crippen molar-refractivity contribution in [2.45, 2.75) is 32.6 Å². The molecule has 0 spiro atoms. The van der Waals surface area contributed by atoms with Gasteiger partial charge in [-0.25, -0.2) is 4.58 Å². The van der Waals surface area contributed by atoms with Gasteiger partial charge >= 0.3 is 0 Å². The second-order valence-electron chi connectivity index (χ2n) is 4.84. The van der Waals surface area contributed by atoms with Crippen LogP contribution < -0.4 is 0 Å². The molecule has 1 heteroatoms. The lowest BCUT2D eigenvalue weighted by Gasteiger charge is -2.08. The molecule has 1 nitrogen and oxygen atoms in total. The van der Waals surface area contributed by atoms with Crippen molar-refractivity contribution in [3.05, 3.63) is 24.4 Å². The zero-order chi connectivity index (χ0) is 9.97. The van der Waals surface area contributed by atoms with E-state index in [0.717, 1.165) is 18.3 Å². The van der Waals surface area contributed by atoms with Gasteiger partial charge < -0.3 is 0 Å². The van der Waals surface area contributed by atoms with Gasteiger partial charge in [0.1, 0.15) is 6.21 Å². The van der Waals surface area contributed by atoms with Crippen LogP contribution in [0.4, 0.5) is 0 Å². The molecule has 2 atom stereocenters. The Hall–Kier alpha value is -0.850. The fourth-order valence-corrected chi connectivity index (χ4v) is 2.49. The number of hydrogen-bond acceptors (Lipinski definition) is 0. The monoisotopic (exact) mass is 190 g/mol. The van der Waals surface area contributed by atoms with Crippen LogP contribution in [-0.2, 0) is 0 Å². The Morgan fingerprint density at radius 3 is 2.93 bits per heavy atom. The molecule has 0 aromatic carbocycles. The molecule has 2 aliphatic rings. The molecule has 1 aliphatic heterocycles. The smallest absolute Gasteiger partial charge is 0.168 e. The van der Waals surface area contributed by atoms with Crippen LogP contribution in [0.5, 0.6) is 0 Å². The Morgan fingerprint density at radius 1 is 1.50 bits per heavy atom. The molecule has 0 saturated heterocycles. The Bertz CT molecular complexity index is 286. The number of allylic oxidation sites excluding steroid dienone is 2. The van der Waals surface area contributed by atoms with Crippen molar-refractivity contribution in [3.63, 3.8) is 0 Å². The lowest BCUT2D eigenvalue weighted by atomic mass is 10.1. The Kier molecular flexibility index (Phi) is 2.85. The second kappa shape index (κ2) is 4.12. The SMILES string of the molecule is C=C1C=C[N+](CC2CCC(C)C2)=CC1. The molecule has 0 aromatic heterocycles. The fourth-order valence-electron chi connectivity index (χ4n) is 2.49. The highest BCUT2D eigenvalue weighted by atomic mass is 15.0. The summed E-state index contributed by atoms with van der Waals surface area (Å²) in [6.07, 6.45) is 11.9. The van der Waals surface area contributed by atoms with Crippen LogP contribution in [0.3, 0.4) is 0 Å². The summed E-state index contributed by atoms with van der Waals surface area (Å²) >= 11 is 0. The van der Waals surface area contributed by atoms with Gasteiger partial charge in [-0.05, 0) is 24.3 Å². The van der Waals surface area contributed by atoms with Crippen molar-refractivity contribution in [1.29, 1.82) is 0 Å². The predicted molar refractivity (Wildman–Crippen MR) is 60.6 cm³/mol. The van der Waals surface area contributed by atoms with E-state index in [1.54, 1.807) is 0 Å². The van der Waals surface area contributed by atoms with Gasteiger partial charge in [0, 0.05) is 18.4 Å². The average Bonchev–Trinajstić information content (AvgIpc) is 2.56. The largest absolute Gasteiger partial charge is 0.208 e. The van der Waals surface area contributed by atoms with Crippen LogP contribution in [-0.4, -0.2) is 17.3 Å². The van der Waals surface area contributed by atoms with Gasteiger partial charge in [-0.2, -0.15) is 0 Å². The van der Waals surface area contributed by atoms with Crippen molar-refractivity contribution in [2.75, 3.05) is 6.54 Å². The lowest BCUT2D eigenvalue weighted by Crippen LogP contribution is -2.17. The van der Waals surface area contributed by atoms with Gasteiger partial charge in [-0.1, -0.05) is 19.9 Å². The molecule has 14 heavy (non-hydrogen) atoms. The van der Waals surface area contributed by atoms with E-state index in [9.17, 15) is 0 Å².